The zero-order chi connectivity index (χ0) is 13.8. The average molecular weight is 275 g/mol. The lowest BCUT2D eigenvalue weighted by Crippen LogP contribution is -2.13. The molecule has 100 valence electrons. The van der Waals surface area contributed by atoms with Gasteiger partial charge in [-0.15, -0.1) is 0 Å². The number of anilines is 2. The van der Waals surface area contributed by atoms with Crippen LogP contribution in [0.5, 0.6) is 0 Å². The van der Waals surface area contributed by atoms with Crippen molar-refractivity contribution in [2.75, 3.05) is 11.9 Å². The van der Waals surface area contributed by atoms with E-state index in [0.29, 0.717) is 6.54 Å². The molecule has 0 atom stereocenters. The van der Waals surface area contributed by atoms with Gasteiger partial charge in [0.25, 0.3) is 0 Å². The predicted octanol–water partition coefficient (Wildman–Crippen LogP) is 4.13. The van der Waals surface area contributed by atoms with E-state index in [4.69, 9.17) is 17.3 Å². The zero-order valence-electron chi connectivity index (χ0n) is 11.4. The number of aryl methyl sites for hydroxylation is 1. The molecule has 0 unspecified atom stereocenters. The topological polar surface area (TPSA) is 29.3 Å². The molecule has 0 heterocycles. The van der Waals surface area contributed by atoms with Gasteiger partial charge in [0.1, 0.15) is 0 Å². The summed E-state index contributed by atoms with van der Waals surface area (Å²) in [5.74, 6) is 0. The molecule has 0 spiro atoms. The van der Waals surface area contributed by atoms with E-state index >= 15 is 0 Å². The highest BCUT2D eigenvalue weighted by Gasteiger charge is 2.09. The third kappa shape index (κ3) is 3.09. The average Bonchev–Trinajstić information content (AvgIpc) is 2.46. The largest absolute Gasteiger partial charge is 0.344 e. The first-order valence-corrected chi connectivity index (χ1v) is 6.84. The summed E-state index contributed by atoms with van der Waals surface area (Å²) in [6.45, 7) is 2.66. The first kappa shape index (κ1) is 13.9. The second-order valence-corrected chi connectivity index (χ2v) is 4.99. The maximum Gasteiger partial charge on any atom is 0.0468 e. The minimum absolute atomic E-state index is 0.504. The normalized spacial score (nSPS) is 10.5. The van der Waals surface area contributed by atoms with Gasteiger partial charge in [0.15, 0.2) is 0 Å². The standard InChI is InChI=1S/C16H19ClN2/c1-3-12-4-8-15(9-5-12)19(2)16-10-14(17)7-6-13(16)11-18/h4-10H,3,11,18H2,1-2H3. The predicted molar refractivity (Wildman–Crippen MR) is 83.2 cm³/mol. The van der Waals surface area contributed by atoms with E-state index in [9.17, 15) is 0 Å². The SMILES string of the molecule is CCc1ccc(N(C)c2cc(Cl)ccc2CN)cc1. The Morgan fingerprint density at radius 1 is 1.11 bits per heavy atom. The van der Waals surface area contributed by atoms with E-state index in [1.54, 1.807) is 0 Å². The van der Waals surface area contributed by atoms with Crippen LogP contribution in [-0.2, 0) is 13.0 Å². The summed E-state index contributed by atoms with van der Waals surface area (Å²) in [5.41, 5.74) is 10.4. The first-order chi connectivity index (χ1) is 9.15. The summed E-state index contributed by atoms with van der Waals surface area (Å²) < 4.78 is 0. The third-order valence-electron chi connectivity index (χ3n) is 3.36. The summed E-state index contributed by atoms with van der Waals surface area (Å²) in [7, 11) is 2.03. The van der Waals surface area contributed by atoms with E-state index in [-0.39, 0.29) is 0 Å². The van der Waals surface area contributed by atoms with Gasteiger partial charge in [-0.2, -0.15) is 0 Å². The van der Waals surface area contributed by atoms with Crippen molar-refractivity contribution in [2.24, 2.45) is 5.73 Å². The molecule has 0 saturated heterocycles. The number of halogens is 1. The Balaban J connectivity index is 2.36. The van der Waals surface area contributed by atoms with E-state index in [2.05, 4.69) is 36.1 Å². The van der Waals surface area contributed by atoms with Crippen LogP contribution in [0, 0.1) is 0 Å². The molecule has 0 aromatic heterocycles. The molecule has 0 bridgehead atoms. The molecule has 0 aliphatic heterocycles. The van der Waals surface area contributed by atoms with Crippen LogP contribution in [0.4, 0.5) is 11.4 Å². The molecule has 0 saturated carbocycles. The molecule has 2 rings (SSSR count). The molecule has 2 aromatic rings. The van der Waals surface area contributed by atoms with Crippen LogP contribution in [0.15, 0.2) is 42.5 Å². The van der Waals surface area contributed by atoms with Gasteiger partial charge in [0, 0.05) is 30.0 Å². The minimum atomic E-state index is 0.504. The van der Waals surface area contributed by atoms with Crippen LogP contribution in [0.2, 0.25) is 5.02 Å². The number of benzene rings is 2. The van der Waals surface area contributed by atoms with Gasteiger partial charge in [-0.25, -0.2) is 0 Å². The molecule has 0 radical (unpaired) electrons. The maximum atomic E-state index is 6.09. The number of hydrogen-bond acceptors (Lipinski definition) is 2. The van der Waals surface area contributed by atoms with Crippen molar-refractivity contribution in [1.82, 2.24) is 0 Å². The van der Waals surface area contributed by atoms with Gasteiger partial charge in [-0.3, -0.25) is 0 Å². The van der Waals surface area contributed by atoms with Crippen molar-refractivity contribution in [3.05, 3.63) is 58.6 Å². The fraction of sp³-hybridized carbons (Fsp3) is 0.250. The molecule has 2 nitrogen and oxygen atoms in total. The monoisotopic (exact) mass is 274 g/mol. The number of nitrogens with two attached hydrogens (primary N) is 1. The maximum absolute atomic E-state index is 6.09. The van der Waals surface area contributed by atoms with Gasteiger partial charge >= 0.3 is 0 Å². The van der Waals surface area contributed by atoms with Crippen LogP contribution >= 0.6 is 11.6 Å². The van der Waals surface area contributed by atoms with Crippen LogP contribution in [0.3, 0.4) is 0 Å². The van der Waals surface area contributed by atoms with Gasteiger partial charge in [0.2, 0.25) is 0 Å². The zero-order valence-corrected chi connectivity index (χ0v) is 12.1. The molecular formula is C16H19ClN2. The lowest BCUT2D eigenvalue weighted by atomic mass is 10.1. The third-order valence-corrected chi connectivity index (χ3v) is 3.60. The second-order valence-electron chi connectivity index (χ2n) is 4.56. The molecule has 19 heavy (non-hydrogen) atoms. The Labute approximate surface area is 119 Å². The number of rotatable bonds is 4. The van der Waals surface area contributed by atoms with Crippen molar-refractivity contribution in [2.45, 2.75) is 19.9 Å². The Bertz CT molecular complexity index is 549. The van der Waals surface area contributed by atoms with Crippen LogP contribution in [-0.4, -0.2) is 7.05 Å². The molecular weight excluding hydrogens is 256 g/mol. The molecule has 0 amide bonds. The van der Waals surface area contributed by atoms with E-state index in [0.717, 1.165) is 28.4 Å². The lowest BCUT2D eigenvalue weighted by Gasteiger charge is -2.23. The van der Waals surface area contributed by atoms with Crippen LogP contribution < -0.4 is 10.6 Å². The molecule has 2 N–H and O–H groups in total. The molecule has 0 aliphatic carbocycles. The van der Waals surface area contributed by atoms with Crippen molar-refractivity contribution in [1.29, 1.82) is 0 Å². The minimum Gasteiger partial charge on any atom is -0.344 e. The van der Waals surface area contributed by atoms with Gasteiger partial charge in [0.05, 0.1) is 0 Å². The molecule has 3 heteroatoms. The molecule has 0 aliphatic rings. The highest BCUT2D eigenvalue weighted by molar-refractivity contribution is 6.30. The van der Waals surface area contributed by atoms with Crippen molar-refractivity contribution in [3.8, 4) is 0 Å². The fourth-order valence-electron chi connectivity index (χ4n) is 2.12. The van der Waals surface area contributed by atoms with Crippen molar-refractivity contribution < 1.29 is 0 Å². The highest BCUT2D eigenvalue weighted by Crippen LogP contribution is 2.29. The Hall–Kier alpha value is -1.51. The summed E-state index contributed by atoms with van der Waals surface area (Å²) in [6, 6.07) is 14.4. The van der Waals surface area contributed by atoms with Gasteiger partial charge < -0.3 is 10.6 Å². The molecule has 0 fully saturated rings. The number of hydrogen-bond donors (Lipinski definition) is 1. The molecule has 2 aromatic carbocycles. The Morgan fingerprint density at radius 3 is 2.37 bits per heavy atom. The Kier molecular flexibility index (Phi) is 4.46. The quantitative estimate of drug-likeness (QED) is 0.908. The summed E-state index contributed by atoms with van der Waals surface area (Å²) >= 11 is 6.09. The summed E-state index contributed by atoms with van der Waals surface area (Å²) in [6.07, 6.45) is 1.05. The van der Waals surface area contributed by atoms with E-state index in [1.807, 2.05) is 25.2 Å². The van der Waals surface area contributed by atoms with Gasteiger partial charge in [-0.05, 0) is 41.8 Å². The van der Waals surface area contributed by atoms with E-state index in [1.165, 1.54) is 5.56 Å². The van der Waals surface area contributed by atoms with Crippen LogP contribution in [0.1, 0.15) is 18.1 Å². The second kappa shape index (κ2) is 6.09. The van der Waals surface area contributed by atoms with Crippen molar-refractivity contribution in [3.63, 3.8) is 0 Å². The lowest BCUT2D eigenvalue weighted by molar-refractivity contribution is 1.04. The number of nitrogens with zero attached hydrogens (tertiary/aromatic N) is 1. The van der Waals surface area contributed by atoms with Crippen molar-refractivity contribution >= 4 is 23.0 Å². The first-order valence-electron chi connectivity index (χ1n) is 6.47. The summed E-state index contributed by atoms with van der Waals surface area (Å²) in [4.78, 5) is 2.12. The van der Waals surface area contributed by atoms with Gasteiger partial charge in [-0.1, -0.05) is 36.7 Å². The van der Waals surface area contributed by atoms with Crippen LogP contribution in [0.25, 0.3) is 0 Å². The fourth-order valence-corrected chi connectivity index (χ4v) is 2.28. The highest BCUT2D eigenvalue weighted by atomic mass is 35.5. The smallest absolute Gasteiger partial charge is 0.0468 e. The van der Waals surface area contributed by atoms with E-state index < -0.39 is 0 Å². The summed E-state index contributed by atoms with van der Waals surface area (Å²) in [5, 5.41) is 0.726. The Morgan fingerprint density at radius 2 is 1.79 bits per heavy atom.